The van der Waals surface area contributed by atoms with Gasteiger partial charge in [-0.3, -0.25) is 0 Å². The molecule has 4 heteroatoms. The van der Waals surface area contributed by atoms with Gasteiger partial charge in [-0.1, -0.05) is 30.3 Å². The number of aliphatic hydroxyl groups is 2. The van der Waals surface area contributed by atoms with E-state index in [9.17, 15) is 0 Å². The first-order chi connectivity index (χ1) is 6.79. The maximum Gasteiger partial charge on any atom is 0.0733 e. The highest BCUT2D eigenvalue weighted by molar-refractivity contribution is 6.13. The molecule has 0 saturated carbocycles. The molecule has 0 saturated heterocycles. The van der Waals surface area contributed by atoms with Gasteiger partial charge in [0.2, 0.25) is 0 Å². The van der Waals surface area contributed by atoms with E-state index in [4.69, 9.17) is 22.0 Å². The lowest BCUT2D eigenvalue weighted by Crippen LogP contribution is -2.25. The van der Waals surface area contributed by atoms with Crippen molar-refractivity contribution >= 4 is 11.8 Å². The minimum atomic E-state index is -0.259. The van der Waals surface area contributed by atoms with Crippen molar-refractivity contribution in [3.8, 4) is 0 Å². The van der Waals surface area contributed by atoms with Gasteiger partial charge in [0, 0.05) is 6.54 Å². The number of nitrogens with zero attached hydrogens (tertiary/aromatic N) is 1. The van der Waals surface area contributed by atoms with Crippen LogP contribution in [0.2, 0.25) is 0 Å². The zero-order valence-corrected chi connectivity index (χ0v) is 8.56. The van der Waals surface area contributed by atoms with Crippen LogP contribution >= 0.6 is 11.8 Å². The van der Waals surface area contributed by atoms with Crippen LogP contribution in [0.3, 0.4) is 0 Å². The summed E-state index contributed by atoms with van der Waals surface area (Å²) in [6.07, 6.45) is 0. The van der Waals surface area contributed by atoms with Crippen molar-refractivity contribution in [2.75, 3.05) is 19.8 Å². The van der Waals surface area contributed by atoms with Gasteiger partial charge in [-0.2, -0.15) is 0 Å². The Morgan fingerprint density at radius 1 is 1.21 bits per heavy atom. The monoisotopic (exact) mass is 215 g/mol. The predicted octanol–water partition coefficient (Wildman–Crippen LogP) is 1.17. The van der Waals surface area contributed by atoms with Crippen molar-refractivity contribution in [2.45, 2.75) is 6.04 Å². The molecule has 1 aromatic rings. The highest BCUT2D eigenvalue weighted by Crippen LogP contribution is 2.21. The molecule has 0 aliphatic rings. The second-order valence-corrected chi connectivity index (χ2v) is 3.39. The third-order valence-electron chi connectivity index (χ3n) is 2.01. The van der Waals surface area contributed by atoms with Gasteiger partial charge in [0.05, 0.1) is 19.3 Å². The highest BCUT2D eigenvalue weighted by Gasteiger charge is 2.16. The van der Waals surface area contributed by atoms with Crippen molar-refractivity contribution in [3.63, 3.8) is 0 Å². The maximum atomic E-state index is 9.17. The Morgan fingerprint density at radius 3 is 2.36 bits per heavy atom. The van der Waals surface area contributed by atoms with E-state index in [-0.39, 0.29) is 19.3 Å². The minimum Gasteiger partial charge on any atom is -0.395 e. The van der Waals surface area contributed by atoms with E-state index in [0.717, 1.165) is 5.56 Å². The smallest absolute Gasteiger partial charge is 0.0733 e. The summed E-state index contributed by atoms with van der Waals surface area (Å²) < 4.78 is 1.41. The van der Waals surface area contributed by atoms with Gasteiger partial charge >= 0.3 is 0 Å². The molecule has 1 aromatic carbocycles. The molecule has 0 amide bonds. The normalized spacial score (nSPS) is 13.1. The van der Waals surface area contributed by atoms with Crippen LogP contribution in [-0.2, 0) is 0 Å². The molecule has 78 valence electrons. The van der Waals surface area contributed by atoms with Crippen LogP contribution in [0.1, 0.15) is 11.6 Å². The van der Waals surface area contributed by atoms with Gasteiger partial charge in [-0.15, -0.1) is 0 Å². The van der Waals surface area contributed by atoms with E-state index < -0.39 is 0 Å². The largest absolute Gasteiger partial charge is 0.395 e. The fraction of sp³-hybridized carbons (Fsp3) is 0.400. The van der Waals surface area contributed by atoms with Crippen LogP contribution in [0.4, 0.5) is 0 Å². The molecule has 0 aromatic heterocycles. The molecule has 0 spiro atoms. The Labute approximate surface area is 88.7 Å². The standard InChI is InChI=1S/C10H14ClNO2/c11-12(6-7-13)10(8-14)9-4-2-1-3-5-9/h1-5,10,13-14H,6-8H2. The van der Waals surface area contributed by atoms with Gasteiger partial charge in [-0.05, 0) is 17.3 Å². The summed E-state index contributed by atoms with van der Waals surface area (Å²) in [6.45, 7) is 0.252. The molecule has 0 fully saturated rings. The van der Waals surface area contributed by atoms with Crippen molar-refractivity contribution in [1.82, 2.24) is 4.42 Å². The highest BCUT2D eigenvalue weighted by atomic mass is 35.5. The summed E-state index contributed by atoms with van der Waals surface area (Å²) in [7, 11) is 0. The quantitative estimate of drug-likeness (QED) is 0.725. The Bertz CT molecular complexity index is 256. The van der Waals surface area contributed by atoms with Gasteiger partial charge < -0.3 is 10.2 Å². The topological polar surface area (TPSA) is 43.7 Å². The molecule has 0 aliphatic heterocycles. The van der Waals surface area contributed by atoms with Gasteiger partial charge in [0.15, 0.2) is 0 Å². The molecule has 1 atom stereocenters. The van der Waals surface area contributed by atoms with Crippen molar-refractivity contribution in [3.05, 3.63) is 35.9 Å². The lowest BCUT2D eigenvalue weighted by atomic mass is 10.1. The molecular formula is C10H14ClNO2. The second-order valence-electron chi connectivity index (χ2n) is 2.96. The Morgan fingerprint density at radius 2 is 1.86 bits per heavy atom. The fourth-order valence-corrected chi connectivity index (χ4v) is 1.53. The van der Waals surface area contributed by atoms with Crippen LogP contribution in [-0.4, -0.2) is 34.4 Å². The first-order valence-corrected chi connectivity index (χ1v) is 4.82. The summed E-state index contributed by atoms with van der Waals surface area (Å²) in [5, 5.41) is 17.9. The van der Waals surface area contributed by atoms with Crippen LogP contribution in [0, 0.1) is 0 Å². The third-order valence-corrected chi connectivity index (χ3v) is 2.41. The number of aliphatic hydroxyl groups excluding tert-OH is 2. The van der Waals surface area contributed by atoms with Crippen molar-refractivity contribution < 1.29 is 10.2 Å². The predicted molar refractivity (Wildman–Crippen MR) is 55.9 cm³/mol. The van der Waals surface area contributed by atoms with E-state index in [2.05, 4.69) is 0 Å². The Kier molecular flexibility index (Phi) is 4.90. The number of halogens is 1. The zero-order valence-electron chi connectivity index (χ0n) is 7.81. The molecule has 0 aliphatic carbocycles. The Balaban J connectivity index is 2.71. The number of hydrogen-bond donors (Lipinski definition) is 2. The number of benzene rings is 1. The van der Waals surface area contributed by atoms with E-state index in [1.54, 1.807) is 0 Å². The third kappa shape index (κ3) is 2.96. The Hall–Kier alpha value is -0.610. The molecule has 0 heterocycles. The van der Waals surface area contributed by atoms with Gasteiger partial charge in [0.1, 0.15) is 0 Å². The van der Waals surface area contributed by atoms with Crippen LogP contribution < -0.4 is 0 Å². The molecule has 0 bridgehead atoms. The summed E-state index contributed by atoms with van der Waals surface area (Å²) in [4.78, 5) is 0. The van der Waals surface area contributed by atoms with E-state index >= 15 is 0 Å². The summed E-state index contributed by atoms with van der Waals surface area (Å²) in [5.41, 5.74) is 0.943. The van der Waals surface area contributed by atoms with Crippen LogP contribution in [0.5, 0.6) is 0 Å². The van der Waals surface area contributed by atoms with Crippen molar-refractivity contribution in [2.24, 2.45) is 0 Å². The first-order valence-electron chi connectivity index (χ1n) is 4.48. The lowest BCUT2D eigenvalue weighted by Gasteiger charge is -2.23. The molecular weight excluding hydrogens is 202 g/mol. The van der Waals surface area contributed by atoms with Gasteiger partial charge in [-0.25, -0.2) is 4.42 Å². The summed E-state index contributed by atoms with van der Waals surface area (Å²) in [5.74, 6) is 0. The van der Waals surface area contributed by atoms with Crippen LogP contribution in [0.15, 0.2) is 30.3 Å². The van der Waals surface area contributed by atoms with Crippen molar-refractivity contribution in [1.29, 1.82) is 0 Å². The fourth-order valence-electron chi connectivity index (χ4n) is 1.28. The number of hydrogen-bond acceptors (Lipinski definition) is 3. The van der Waals surface area contributed by atoms with E-state index in [1.807, 2.05) is 30.3 Å². The van der Waals surface area contributed by atoms with E-state index in [0.29, 0.717) is 6.54 Å². The molecule has 0 radical (unpaired) electrons. The molecule has 3 nitrogen and oxygen atoms in total. The average molecular weight is 216 g/mol. The molecule has 1 rings (SSSR count). The van der Waals surface area contributed by atoms with Gasteiger partial charge in [0.25, 0.3) is 0 Å². The molecule has 2 N–H and O–H groups in total. The lowest BCUT2D eigenvalue weighted by molar-refractivity contribution is 0.168. The SMILES string of the molecule is OCCN(Cl)C(CO)c1ccccc1. The summed E-state index contributed by atoms with van der Waals surface area (Å²) in [6, 6.07) is 9.22. The zero-order chi connectivity index (χ0) is 10.4. The summed E-state index contributed by atoms with van der Waals surface area (Å²) >= 11 is 5.89. The molecule has 1 unspecified atom stereocenters. The van der Waals surface area contributed by atoms with E-state index in [1.165, 1.54) is 4.42 Å². The first kappa shape index (κ1) is 11.5. The minimum absolute atomic E-state index is 0.0210. The molecule has 14 heavy (non-hydrogen) atoms. The maximum absolute atomic E-state index is 9.17. The average Bonchev–Trinajstić information content (AvgIpc) is 2.21. The second kappa shape index (κ2) is 5.98. The van der Waals surface area contributed by atoms with Crippen LogP contribution in [0.25, 0.3) is 0 Å². The number of rotatable bonds is 5.